The molecule has 0 aliphatic carbocycles. The average Bonchev–Trinajstić information content (AvgIpc) is 2.23. The first-order valence-electron chi connectivity index (χ1n) is 4.15. The van der Waals surface area contributed by atoms with E-state index in [-0.39, 0.29) is 5.56 Å². The Bertz CT molecular complexity index is 533. The van der Waals surface area contributed by atoms with Gasteiger partial charge in [0.15, 0.2) is 5.16 Å². The Morgan fingerprint density at radius 2 is 2.36 bits per heavy atom. The maximum Gasteiger partial charge on any atom is 0.261 e. The predicted molar refractivity (Wildman–Crippen MR) is 57.6 cm³/mol. The predicted octanol–water partition coefficient (Wildman–Crippen LogP) is 1.46. The summed E-state index contributed by atoms with van der Waals surface area (Å²) >= 11 is 1.47. The summed E-state index contributed by atoms with van der Waals surface area (Å²) < 4.78 is 1.56. The second-order valence-electron chi connectivity index (χ2n) is 2.91. The van der Waals surface area contributed by atoms with E-state index in [4.69, 9.17) is 0 Å². The van der Waals surface area contributed by atoms with Gasteiger partial charge in [0.1, 0.15) is 0 Å². The average molecular weight is 205 g/mol. The van der Waals surface area contributed by atoms with Gasteiger partial charge >= 0.3 is 0 Å². The van der Waals surface area contributed by atoms with Crippen molar-refractivity contribution in [2.24, 2.45) is 7.05 Å². The summed E-state index contributed by atoms with van der Waals surface area (Å²) in [6.07, 6.45) is 1.91. The molecule has 1 aromatic carbocycles. The summed E-state index contributed by atoms with van der Waals surface area (Å²) in [5.41, 5.74) is 0.715. The van der Waals surface area contributed by atoms with Gasteiger partial charge in [-0.25, -0.2) is 4.98 Å². The van der Waals surface area contributed by atoms with Crippen molar-refractivity contribution in [3.05, 3.63) is 34.6 Å². The number of rotatable bonds is 1. The Morgan fingerprint density at radius 1 is 1.57 bits per heavy atom. The van der Waals surface area contributed by atoms with E-state index < -0.39 is 0 Å². The van der Waals surface area contributed by atoms with Gasteiger partial charge in [0.2, 0.25) is 0 Å². The molecule has 0 unspecified atom stereocenters. The lowest BCUT2D eigenvalue weighted by atomic mass is 10.2. The molecule has 14 heavy (non-hydrogen) atoms. The van der Waals surface area contributed by atoms with Gasteiger partial charge in [-0.2, -0.15) is 0 Å². The molecular formula is C10H9N2OS. The Labute approximate surface area is 85.8 Å². The lowest BCUT2D eigenvalue weighted by Crippen LogP contribution is -2.19. The third kappa shape index (κ3) is 1.32. The van der Waals surface area contributed by atoms with Crippen LogP contribution >= 0.6 is 11.8 Å². The van der Waals surface area contributed by atoms with E-state index in [1.807, 2.05) is 6.26 Å². The zero-order chi connectivity index (χ0) is 10.1. The van der Waals surface area contributed by atoms with E-state index >= 15 is 0 Å². The van der Waals surface area contributed by atoms with E-state index in [0.29, 0.717) is 5.39 Å². The van der Waals surface area contributed by atoms with Gasteiger partial charge in [0, 0.05) is 7.05 Å². The molecule has 0 spiro atoms. The number of aromatic nitrogens is 2. The summed E-state index contributed by atoms with van der Waals surface area (Å²) in [5, 5.41) is 1.35. The molecule has 0 atom stereocenters. The third-order valence-corrected chi connectivity index (χ3v) is 2.79. The molecule has 71 valence electrons. The molecule has 0 amide bonds. The van der Waals surface area contributed by atoms with Crippen molar-refractivity contribution in [2.75, 3.05) is 6.26 Å². The molecule has 2 aromatic rings. The van der Waals surface area contributed by atoms with Gasteiger partial charge in [0.05, 0.1) is 10.9 Å². The topological polar surface area (TPSA) is 34.9 Å². The van der Waals surface area contributed by atoms with Gasteiger partial charge in [0.25, 0.3) is 5.56 Å². The molecule has 0 saturated carbocycles. The molecule has 1 aromatic heterocycles. The maximum atomic E-state index is 11.8. The first kappa shape index (κ1) is 9.27. The molecule has 0 saturated heterocycles. The summed E-state index contributed by atoms with van der Waals surface area (Å²) in [6, 6.07) is 8.12. The minimum absolute atomic E-state index is 0.0174. The second kappa shape index (κ2) is 3.46. The molecule has 0 fully saturated rings. The van der Waals surface area contributed by atoms with Gasteiger partial charge in [-0.3, -0.25) is 9.36 Å². The first-order chi connectivity index (χ1) is 6.74. The van der Waals surface area contributed by atoms with Crippen LogP contribution in [0.25, 0.3) is 10.9 Å². The number of hydrogen-bond donors (Lipinski definition) is 0. The van der Waals surface area contributed by atoms with E-state index in [0.717, 1.165) is 10.7 Å². The third-order valence-electron chi connectivity index (χ3n) is 2.06. The summed E-state index contributed by atoms with van der Waals surface area (Å²) in [5.74, 6) is 0. The minimum atomic E-state index is -0.0174. The second-order valence-corrected chi connectivity index (χ2v) is 3.68. The quantitative estimate of drug-likeness (QED) is 0.522. The van der Waals surface area contributed by atoms with Gasteiger partial charge in [-0.05, 0) is 24.5 Å². The van der Waals surface area contributed by atoms with Crippen LogP contribution in [0.2, 0.25) is 0 Å². The molecule has 0 aliphatic heterocycles. The standard InChI is InChI=1S/C10H9N2OS/c1-12-9(13)7-5-3-4-6-8(7)11-10(12)14-2/h4-6H,1-2H3. The normalized spacial score (nSPS) is 10.7. The van der Waals surface area contributed by atoms with E-state index in [1.54, 1.807) is 29.8 Å². The van der Waals surface area contributed by atoms with Crippen molar-refractivity contribution in [1.82, 2.24) is 9.55 Å². The van der Waals surface area contributed by atoms with Crippen LogP contribution < -0.4 is 5.56 Å². The summed E-state index contributed by atoms with van der Waals surface area (Å²) in [6.45, 7) is 0. The largest absolute Gasteiger partial charge is 0.290 e. The number of nitrogens with zero attached hydrogens (tertiary/aromatic N) is 2. The fraction of sp³-hybridized carbons (Fsp3) is 0.200. The van der Waals surface area contributed by atoms with Crippen LogP contribution in [0, 0.1) is 6.07 Å². The van der Waals surface area contributed by atoms with E-state index in [9.17, 15) is 4.79 Å². The van der Waals surface area contributed by atoms with Crippen LogP contribution in [0.5, 0.6) is 0 Å². The fourth-order valence-electron chi connectivity index (χ4n) is 1.32. The van der Waals surface area contributed by atoms with Crippen molar-refractivity contribution >= 4 is 22.7 Å². The highest BCUT2D eigenvalue weighted by atomic mass is 32.2. The van der Waals surface area contributed by atoms with Crippen LogP contribution in [-0.2, 0) is 7.05 Å². The van der Waals surface area contributed by atoms with Crippen molar-refractivity contribution in [3.63, 3.8) is 0 Å². The molecule has 3 nitrogen and oxygen atoms in total. The van der Waals surface area contributed by atoms with Crippen LogP contribution in [-0.4, -0.2) is 15.8 Å². The number of hydrogen-bond acceptors (Lipinski definition) is 3. The molecule has 1 heterocycles. The van der Waals surface area contributed by atoms with Crippen LogP contribution in [0.1, 0.15) is 0 Å². The molecule has 0 bridgehead atoms. The number of fused-ring (bicyclic) bond motifs is 1. The first-order valence-corrected chi connectivity index (χ1v) is 5.37. The van der Waals surface area contributed by atoms with Crippen molar-refractivity contribution in [1.29, 1.82) is 0 Å². The fourth-order valence-corrected chi connectivity index (χ4v) is 1.87. The Hall–Kier alpha value is -1.29. The smallest absolute Gasteiger partial charge is 0.261 e. The molecule has 1 radical (unpaired) electrons. The zero-order valence-electron chi connectivity index (χ0n) is 7.94. The van der Waals surface area contributed by atoms with E-state index in [2.05, 4.69) is 11.1 Å². The minimum Gasteiger partial charge on any atom is -0.290 e. The molecule has 2 rings (SSSR count). The van der Waals surface area contributed by atoms with Gasteiger partial charge in [-0.1, -0.05) is 17.8 Å². The van der Waals surface area contributed by atoms with Crippen LogP contribution in [0.15, 0.2) is 28.2 Å². The molecule has 0 N–H and O–H groups in total. The SMILES string of the molecule is CSc1nc2cc[c]cc2c(=O)n1C. The van der Waals surface area contributed by atoms with Crippen molar-refractivity contribution in [2.45, 2.75) is 5.16 Å². The lowest BCUT2D eigenvalue weighted by Gasteiger charge is -2.05. The van der Waals surface area contributed by atoms with Crippen LogP contribution in [0.3, 0.4) is 0 Å². The highest BCUT2D eigenvalue weighted by molar-refractivity contribution is 7.98. The van der Waals surface area contributed by atoms with Crippen LogP contribution in [0.4, 0.5) is 0 Å². The Balaban J connectivity index is 2.92. The Kier molecular flexibility index (Phi) is 2.29. The van der Waals surface area contributed by atoms with Gasteiger partial charge in [-0.15, -0.1) is 0 Å². The summed E-state index contributed by atoms with van der Waals surface area (Å²) in [4.78, 5) is 16.2. The summed E-state index contributed by atoms with van der Waals surface area (Å²) in [7, 11) is 1.73. The van der Waals surface area contributed by atoms with E-state index in [1.165, 1.54) is 11.8 Å². The molecule has 4 heteroatoms. The molecular weight excluding hydrogens is 196 g/mol. The highest BCUT2D eigenvalue weighted by Crippen LogP contribution is 2.13. The molecule has 0 aliphatic rings. The number of benzene rings is 1. The van der Waals surface area contributed by atoms with Gasteiger partial charge < -0.3 is 0 Å². The van der Waals surface area contributed by atoms with Crippen molar-refractivity contribution < 1.29 is 0 Å². The monoisotopic (exact) mass is 205 g/mol. The maximum absolute atomic E-state index is 11.8. The lowest BCUT2D eigenvalue weighted by molar-refractivity contribution is 0.727. The Morgan fingerprint density at radius 3 is 3.07 bits per heavy atom. The zero-order valence-corrected chi connectivity index (χ0v) is 8.76. The highest BCUT2D eigenvalue weighted by Gasteiger charge is 2.05. The number of thioether (sulfide) groups is 1. The van der Waals surface area contributed by atoms with Crippen molar-refractivity contribution in [3.8, 4) is 0 Å².